The lowest BCUT2D eigenvalue weighted by Gasteiger charge is -2.33. The van der Waals surface area contributed by atoms with Crippen molar-refractivity contribution in [2.45, 2.75) is 200 Å². The van der Waals surface area contributed by atoms with Crippen molar-refractivity contribution in [3.8, 4) is 0 Å². The summed E-state index contributed by atoms with van der Waals surface area (Å²) < 4.78 is 0. The first-order valence-corrected chi connectivity index (χ1v) is 17.5. The fraction of sp³-hybridized carbons (Fsp3) is 0.943. The van der Waals surface area contributed by atoms with Gasteiger partial charge in [-0.15, -0.1) is 0 Å². The van der Waals surface area contributed by atoms with Crippen LogP contribution in [-0.4, -0.2) is 29.1 Å². The quantitative estimate of drug-likeness (QED) is 0.0908. The minimum absolute atomic E-state index is 0.639. The molecule has 0 aliphatic carbocycles. The van der Waals surface area contributed by atoms with E-state index in [1.807, 2.05) is 0 Å². The Balaban J connectivity index is 2.02. The normalized spacial score (nSPS) is 15.4. The summed E-state index contributed by atoms with van der Waals surface area (Å²) in [5.74, 6) is 0. The Morgan fingerprint density at radius 3 is 1.05 bits per heavy atom. The second-order valence-electron chi connectivity index (χ2n) is 12.2. The summed E-state index contributed by atoms with van der Waals surface area (Å²) in [5.41, 5.74) is 0. The maximum absolute atomic E-state index is 2.67. The summed E-state index contributed by atoms with van der Waals surface area (Å²) in [5, 5.41) is 0. The topological polar surface area (TPSA) is 6.48 Å². The molecule has 0 aromatic carbocycles. The van der Waals surface area contributed by atoms with Crippen LogP contribution in [-0.2, 0) is 0 Å². The average Bonchev–Trinajstić information content (AvgIpc) is 3.28. The molecule has 0 N–H and O–H groups in total. The van der Waals surface area contributed by atoms with Gasteiger partial charge in [0.05, 0.1) is 0 Å². The van der Waals surface area contributed by atoms with Crippen LogP contribution in [0.1, 0.15) is 194 Å². The zero-order chi connectivity index (χ0) is 26.7. The summed E-state index contributed by atoms with van der Waals surface area (Å²) >= 11 is 0. The third kappa shape index (κ3) is 20.0. The Bertz CT molecular complexity index is 474. The van der Waals surface area contributed by atoms with Crippen LogP contribution in [0.15, 0.2) is 12.4 Å². The van der Waals surface area contributed by atoms with Crippen LogP contribution in [0.2, 0.25) is 0 Å². The van der Waals surface area contributed by atoms with Crippen LogP contribution in [0.4, 0.5) is 0 Å². The van der Waals surface area contributed by atoms with E-state index >= 15 is 0 Å². The van der Waals surface area contributed by atoms with E-state index in [4.69, 9.17) is 0 Å². The van der Waals surface area contributed by atoms with Gasteiger partial charge in [0, 0.05) is 25.5 Å². The zero-order valence-electron chi connectivity index (χ0n) is 26.1. The Kier molecular flexibility index (Phi) is 25.0. The largest absolute Gasteiger partial charge is 0.356 e. The molecular formula is C35H70N2. The molecule has 220 valence electrons. The highest BCUT2D eigenvalue weighted by molar-refractivity contribution is 4.96. The Hall–Kier alpha value is -0.660. The molecule has 0 radical (unpaired) electrons. The molecule has 1 unspecified atom stereocenters. The van der Waals surface area contributed by atoms with Crippen LogP contribution in [0.25, 0.3) is 0 Å². The number of hydrogen-bond acceptors (Lipinski definition) is 2. The molecule has 1 heterocycles. The predicted molar refractivity (Wildman–Crippen MR) is 168 cm³/mol. The van der Waals surface area contributed by atoms with Crippen LogP contribution in [0.5, 0.6) is 0 Å². The van der Waals surface area contributed by atoms with Crippen molar-refractivity contribution in [1.82, 2.24) is 9.80 Å². The number of nitrogens with zero attached hydrogens (tertiary/aromatic N) is 2. The Morgan fingerprint density at radius 1 is 0.351 bits per heavy atom. The van der Waals surface area contributed by atoms with Crippen molar-refractivity contribution in [2.24, 2.45) is 0 Å². The second-order valence-corrected chi connectivity index (χ2v) is 12.2. The van der Waals surface area contributed by atoms with Gasteiger partial charge in [0.1, 0.15) is 6.17 Å². The maximum Gasteiger partial charge on any atom is 0.101 e. The van der Waals surface area contributed by atoms with E-state index in [0.29, 0.717) is 6.17 Å². The van der Waals surface area contributed by atoms with E-state index < -0.39 is 0 Å². The summed E-state index contributed by atoms with van der Waals surface area (Å²) in [6.45, 7) is 9.42. The van der Waals surface area contributed by atoms with Crippen molar-refractivity contribution in [3.05, 3.63) is 12.4 Å². The van der Waals surface area contributed by atoms with Gasteiger partial charge in [-0.25, -0.2) is 0 Å². The lowest BCUT2D eigenvalue weighted by molar-refractivity contribution is 0.137. The smallest absolute Gasteiger partial charge is 0.101 e. The molecule has 0 saturated heterocycles. The molecule has 0 aromatic heterocycles. The van der Waals surface area contributed by atoms with Gasteiger partial charge in [-0.2, -0.15) is 0 Å². The third-order valence-corrected chi connectivity index (χ3v) is 8.53. The first-order chi connectivity index (χ1) is 18.3. The molecule has 0 aromatic rings. The maximum atomic E-state index is 2.67. The Labute approximate surface area is 235 Å². The summed E-state index contributed by atoms with van der Waals surface area (Å²) in [7, 11) is 0. The average molecular weight is 519 g/mol. The van der Waals surface area contributed by atoms with Gasteiger partial charge in [0.15, 0.2) is 0 Å². The molecule has 2 heteroatoms. The van der Waals surface area contributed by atoms with Gasteiger partial charge in [0.2, 0.25) is 0 Å². The fourth-order valence-corrected chi connectivity index (χ4v) is 6.08. The van der Waals surface area contributed by atoms with E-state index in [1.54, 1.807) is 0 Å². The van der Waals surface area contributed by atoms with E-state index in [9.17, 15) is 0 Å². The third-order valence-electron chi connectivity index (χ3n) is 8.53. The standard InChI is InChI=1S/C35H70N2/c1-4-7-9-11-13-15-17-19-20-22-24-26-28-30-35-36(31-6-3)33-34-37(35)32-29-27-25-23-21-18-16-14-12-10-8-5-2/h33-35H,4-32H2,1-3H3. The van der Waals surface area contributed by atoms with Crippen molar-refractivity contribution >= 4 is 0 Å². The van der Waals surface area contributed by atoms with E-state index in [2.05, 4.69) is 43.0 Å². The fourth-order valence-electron chi connectivity index (χ4n) is 6.08. The van der Waals surface area contributed by atoms with Crippen molar-refractivity contribution in [2.75, 3.05) is 13.1 Å². The van der Waals surface area contributed by atoms with E-state index in [1.165, 1.54) is 186 Å². The molecule has 0 bridgehead atoms. The predicted octanol–water partition coefficient (Wildman–Crippen LogP) is 12.0. The first-order valence-electron chi connectivity index (χ1n) is 17.5. The number of rotatable bonds is 29. The molecule has 0 spiro atoms. The van der Waals surface area contributed by atoms with Crippen molar-refractivity contribution in [1.29, 1.82) is 0 Å². The summed E-state index contributed by atoms with van der Waals surface area (Å²) in [6.07, 6.45) is 44.1. The molecule has 1 atom stereocenters. The highest BCUT2D eigenvalue weighted by Crippen LogP contribution is 2.23. The monoisotopic (exact) mass is 519 g/mol. The molecule has 0 saturated carbocycles. The second kappa shape index (κ2) is 26.9. The summed E-state index contributed by atoms with van der Waals surface area (Å²) in [6, 6.07) is 0. The highest BCUT2D eigenvalue weighted by atomic mass is 15.4. The molecule has 2 nitrogen and oxygen atoms in total. The van der Waals surface area contributed by atoms with Gasteiger partial charge >= 0.3 is 0 Å². The molecule has 1 aliphatic rings. The SMILES string of the molecule is CCCCCCCCCCCCCCCC1N(CCC)C=CN1CCCCCCCCCCCCCC. The van der Waals surface area contributed by atoms with Crippen LogP contribution < -0.4 is 0 Å². The van der Waals surface area contributed by atoms with E-state index in [0.717, 1.165) is 0 Å². The molecule has 37 heavy (non-hydrogen) atoms. The molecule has 0 fully saturated rings. The van der Waals surface area contributed by atoms with Crippen LogP contribution in [0, 0.1) is 0 Å². The van der Waals surface area contributed by atoms with Gasteiger partial charge in [0.25, 0.3) is 0 Å². The zero-order valence-corrected chi connectivity index (χ0v) is 26.1. The first kappa shape index (κ1) is 34.4. The minimum atomic E-state index is 0.639. The van der Waals surface area contributed by atoms with E-state index in [-0.39, 0.29) is 0 Å². The van der Waals surface area contributed by atoms with Gasteiger partial charge in [-0.3, -0.25) is 0 Å². The Morgan fingerprint density at radius 2 is 0.676 bits per heavy atom. The molecule has 1 rings (SSSR count). The van der Waals surface area contributed by atoms with Crippen molar-refractivity contribution < 1.29 is 0 Å². The van der Waals surface area contributed by atoms with Crippen molar-refractivity contribution in [3.63, 3.8) is 0 Å². The van der Waals surface area contributed by atoms with Gasteiger partial charge in [-0.05, 0) is 25.7 Å². The lowest BCUT2D eigenvalue weighted by Crippen LogP contribution is -2.39. The minimum Gasteiger partial charge on any atom is -0.356 e. The highest BCUT2D eigenvalue weighted by Gasteiger charge is 2.24. The van der Waals surface area contributed by atoms with Crippen LogP contribution in [0.3, 0.4) is 0 Å². The molecule has 1 aliphatic heterocycles. The van der Waals surface area contributed by atoms with Crippen LogP contribution >= 0.6 is 0 Å². The summed E-state index contributed by atoms with van der Waals surface area (Å²) in [4.78, 5) is 5.30. The van der Waals surface area contributed by atoms with Gasteiger partial charge < -0.3 is 9.80 Å². The molecule has 0 amide bonds. The lowest BCUT2D eigenvalue weighted by atomic mass is 10.0. The number of hydrogen-bond donors (Lipinski definition) is 0. The van der Waals surface area contributed by atoms with Gasteiger partial charge in [-0.1, -0.05) is 168 Å². The molecular weight excluding hydrogens is 448 g/mol. The number of unbranched alkanes of at least 4 members (excludes halogenated alkanes) is 23.